The summed E-state index contributed by atoms with van der Waals surface area (Å²) in [4.78, 5) is 14.6. The molecule has 0 aromatic heterocycles. The third kappa shape index (κ3) is 6.01. The summed E-state index contributed by atoms with van der Waals surface area (Å²) in [5, 5.41) is 5.10. The molecule has 4 aromatic rings. The van der Waals surface area contributed by atoms with Crippen molar-refractivity contribution in [3.63, 3.8) is 0 Å². The Balaban J connectivity index is 0.000000156. The Kier molecular flexibility index (Phi) is 8.07. The van der Waals surface area contributed by atoms with Crippen LogP contribution in [0.5, 0.6) is 0 Å². The van der Waals surface area contributed by atoms with Gasteiger partial charge in [-0.15, -0.1) is 0 Å². The minimum atomic E-state index is 0.168. The van der Waals surface area contributed by atoms with Crippen LogP contribution in [-0.2, 0) is 0 Å². The molecule has 210 valence electrons. The first-order chi connectivity index (χ1) is 19.8. The maximum absolute atomic E-state index is 11.9. The molecule has 41 heavy (non-hydrogen) atoms. The summed E-state index contributed by atoms with van der Waals surface area (Å²) >= 11 is 12.3. The molecule has 0 unspecified atom stereocenters. The van der Waals surface area contributed by atoms with Crippen molar-refractivity contribution < 1.29 is 4.79 Å². The SMILES string of the molecule is CC1(C)CN([C@@H]2C[C@@H](c3ccccc3)c3ccc(Cl)cc32)CCN1.O=C1C[C@@H](c2ccccc2)c2ccc(Cl)cc21. The maximum atomic E-state index is 11.9. The highest BCUT2D eigenvalue weighted by atomic mass is 35.5. The third-order valence-corrected chi connectivity index (χ3v) is 9.24. The average molecular weight is 584 g/mol. The molecule has 5 heteroatoms. The first kappa shape index (κ1) is 28.2. The highest BCUT2D eigenvalue weighted by Crippen LogP contribution is 2.48. The van der Waals surface area contributed by atoms with Gasteiger partial charge in [-0.2, -0.15) is 0 Å². The van der Waals surface area contributed by atoms with Gasteiger partial charge in [-0.3, -0.25) is 9.69 Å². The van der Waals surface area contributed by atoms with Gasteiger partial charge in [0.25, 0.3) is 0 Å². The van der Waals surface area contributed by atoms with E-state index in [4.69, 9.17) is 23.2 Å². The number of nitrogens with zero attached hydrogens (tertiary/aromatic N) is 1. The number of nitrogens with one attached hydrogen (secondary N) is 1. The Morgan fingerprint density at radius 2 is 1.37 bits per heavy atom. The summed E-state index contributed by atoms with van der Waals surface area (Å²) in [6.45, 7) is 7.81. The summed E-state index contributed by atoms with van der Waals surface area (Å²) in [7, 11) is 0. The Morgan fingerprint density at radius 3 is 2.02 bits per heavy atom. The topological polar surface area (TPSA) is 32.3 Å². The second-order valence-electron chi connectivity index (χ2n) is 12.1. The van der Waals surface area contributed by atoms with Gasteiger partial charge in [0.15, 0.2) is 5.78 Å². The Labute approximate surface area is 253 Å². The van der Waals surface area contributed by atoms with E-state index in [2.05, 4.69) is 78.7 Å². The van der Waals surface area contributed by atoms with Gasteiger partial charge in [0, 0.05) is 65.1 Å². The number of piperazine rings is 1. The van der Waals surface area contributed by atoms with Crippen LogP contribution in [0.3, 0.4) is 0 Å². The lowest BCUT2D eigenvalue weighted by Crippen LogP contribution is -2.57. The zero-order valence-corrected chi connectivity index (χ0v) is 25.1. The molecule has 0 spiro atoms. The van der Waals surface area contributed by atoms with E-state index in [1.54, 1.807) is 6.07 Å². The molecule has 0 amide bonds. The molecule has 4 aromatic carbocycles. The second-order valence-corrected chi connectivity index (χ2v) is 13.0. The van der Waals surface area contributed by atoms with E-state index in [9.17, 15) is 4.79 Å². The van der Waals surface area contributed by atoms with Crippen LogP contribution in [0.4, 0.5) is 0 Å². The monoisotopic (exact) mass is 582 g/mol. The fraction of sp³-hybridized carbons (Fsp3) is 0.306. The molecule has 3 atom stereocenters. The first-order valence-electron chi connectivity index (χ1n) is 14.5. The van der Waals surface area contributed by atoms with Crippen molar-refractivity contribution in [3.05, 3.63) is 140 Å². The van der Waals surface area contributed by atoms with E-state index in [-0.39, 0.29) is 17.2 Å². The highest BCUT2D eigenvalue weighted by molar-refractivity contribution is 6.31. The number of hydrogen-bond donors (Lipinski definition) is 1. The van der Waals surface area contributed by atoms with E-state index in [0.29, 0.717) is 23.4 Å². The van der Waals surface area contributed by atoms with Gasteiger partial charge in [-0.05, 0) is 72.4 Å². The van der Waals surface area contributed by atoms with E-state index in [1.807, 2.05) is 36.4 Å². The van der Waals surface area contributed by atoms with E-state index >= 15 is 0 Å². The standard InChI is InChI=1S/C21H25ClN2.C15H11ClO/c1-21(2)14-24(11-10-23-21)20-13-18(15-6-4-3-5-7-15)17-9-8-16(22)12-19(17)20;16-11-6-7-12-13(9-15(17)14(12)8-11)10-4-2-1-3-5-10/h3-9,12,18,20,23H,10-11,13-14H2,1-2H3;1-8,13H,9H2/t18-,20+;13-/m00/s1. The van der Waals surface area contributed by atoms with Crippen molar-refractivity contribution in [2.24, 2.45) is 0 Å². The van der Waals surface area contributed by atoms with Crippen LogP contribution in [-0.4, -0.2) is 35.9 Å². The molecule has 3 aliphatic rings. The van der Waals surface area contributed by atoms with Crippen molar-refractivity contribution in [2.45, 2.75) is 50.1 Å². The molecule has 0 radical (unpaired) electrons. The molecule has 0 saturated carbocycles. The number of halogens is 2. The fourth-order valence-electron chi connectivity index (χ4n) is 6.88. The van der Waals surface area contributed by atoms with Gasteiger partial charge < -0.3 is 5.32 Å². The molecule has 1 fully saturated rings. The number of rotatable bonds is 3. The number of carbonyl (C=O) groups is 1. The fourth-order valence-corrected chi connectivity index (χ4v) is 7.24. The zero-order chi connectivity index (χ0) is 28.6. The minimum Gasteiger partial charge on any atom is -0.309 e. The normalized spacial score (nSPS) is 22.9. The van der Waals surface area contributed by atoms with Gasteiger partial charge in [0.2, 0.25) is 0 Å². The summed E-state index contributed by atoms with van der Waals surface area (Å²) in [5.41, 5.74) is 7.54. The predicted octanol–water partition coefficient (Wildman–Crippen LogP) is 8.66. The molecular formula is C36H36Cl2N2O. The number of hydrogen-bond acceptors (Lipinski definition) is 3. The molecule has 0 bridgehead atoms. The molecule has 1 aliphatic heterocycles. The number of Topliss-reactive ketones (excluding diaryl/α,β-unsaturated/α-hetero) is 1. The van der Waals surface area contributed by atoms with Crippen molar-refractivity contribution >= 4 is 29.0 Å². The lowest BCUT2D eigenvalue weighted by Gasteiger charge is -2.42. The van der Waals surface area contributed by atoms with Crippen molar-refractivity contribution in [1.82, 2.24) is 10.2 Å². The molecule has 1 N–H and O–H groups in total. The van der Waals surface area contributed by atoms with Gasteiger partial charge in [0.1, 0.15) is 0 Å². The summed E-state index contributed by atoms with van der Waals surface area (Å²) in [6, 6.07) is 33.6. The maximum Gasteiger partial charge on any atom is 0.164 e. The average Bonchev–Trinajstić information content (AvgIpc) is 3.51. The van der Waals surface area contributed by atoms with Crippen molar-refractivity contribution in [1.29, 1.82) is 0 Å². The number of ketones is 1. The zero-order valence-electron chi connectivity index (χ0n) is 23.6. The Morgan fingerprint density at radius 1 is 0.756 bits per heavy atom. The molecule has 7 rings (SSSR count). The van der Waals surface area contributed by atoms with Crippen LogP contribution < -0.4 is 5.32 Å². The van der Waals surface area contributed by atoms with E-state index in [1.165, 1.54) is 22.3 Å². The van der Waals surface area contributed by atoms with Gasteiger partial charge in [-0.25, -0.2) is 0 Å². The van der Waals surface area contributed by atoms with Crippen LogP contribution in [0.15, 0.2) is 97.1 Å². The van der Waals surface area contributed by atoms with Crippen molar-refractivity contribution in [2.75, 3.05) is 19.6 Å². The third-order valence-electron chi connectivity index (χ3n) is 8.77. The first-order valence-corrected chi connectivity index (χ1v) is 15.3. The largest absolute Gasteiger partial charge is 0.309 e. The summed E-state index contributed by atoms with van der Waals surface area (Å²) in [6.07, 6.45) is 1.70. The van der Waals surface area contributed by atoms with E-state index < -0.39 is 0 Å². The molecule has 1 heterocycles. The predicted molar refractivity (Wildman–Crippen MR) is 169 cm³/mol. The Bertz CT molecular complexity index is 1540. The van der Waals surface area contributed by atoms with Gasteiger partial charge >= 0.3 is 0 Å². The lowest BCUT2D eigenvalue weighted by atomic mass is 9.93. The lowest BCUT2D eigenvalue weighted by molar-refractivity contribution is 0.0991. The summed E-state index contributed by atoms with van der Waals surface area (Å²) < 4.78 is 0. The number of benzene rings is 4. The van der Waals surface area contributed by atoms with E-state index in [0.717, 1.165) is 42.2 Å². The number of carbonyl (C=O) groups excluding carboxylic acids is 1. The summed E-state index contributed by atoms with van der Waals surface area (Å²) in [5.74, 6) is 0.855. The molecular weight excluding hydrogens is 547 g/mol. The molecule has 3 nitrogen and oxygen atoms in total. The van der Waals surface area contributed by atoms with Crippen LogP contribution in [0, 0.1) is 0 Å². The van der Waals surface area contributed by atoms with Crippen LogP contribution in [0.1, 0.15) is 82.7 Å². The quantitative estimate of drug-likeness (QED) is 0.262. The van der Waals surface area contributed by atoms with Gasteiger partial charge in [0.05, 0.1) is 0 Å². The number of fused-ring (bicyclic) bond motifs is 2. The van der Waals surface area contributed by atoms with Crippen molar-refractivity contribution in [3.8, 4) is 0 Å². The highest BCUT2D eigenvalue weighted by Gasteiger charge is 2.38. The van der Waals surface area contributed by atoms with Gasteiger partial charge in [-0.1, -0.05) is 96.0 Å². The molecule has 1 saturated heterocycles. The van der Waals surface area contributed by atoms with Crippen LogP contribution >= 0.6 is 23.2 Å². The second kappa shape index (κ2) is 11.7. The molecule has 2 aliphatic carbocycles. The van der Waals surface area contributed by atoms with Crippen LogP contribution in [0.25, 0.3) is 0 Å². The smallest absolute Gasteiger partial charge is 0.164 e. The minimum absolute atomic E-state index is 0.168. The van der Waals surface area contributed by atoms with Crippen LogP contribution in [0.2, 0.25) is 10.0 Å². The Hall–Kier alpha value is -2.95.